The highest BCUT2D eigenvalue weighted by Crippen LogP contribution is 2.27. The molecule has 122 valence electrons. The minimum absolute atomic E-state index is 0.568. The number of hydrogen-bond donors (Lipinski definition) is 1. The summed E-state index contributed by atoms with van der Waals surface area (Å²) >= 11 is 0. The molecule has 1 aromatic heterocycles. The molecule has 1 heterocycles. The standard InChI is InChI=1S/C19H31N3/c1-3-4-5-6-7-8-9-10-11-13-16(2)17-14-12-15-18-19(17)21-22-20-18/h12,14-16H,3-11,13H2,1-2H3,(H,20,21,22). The number of nitrogens with one attached hydrogen (secondary N) is 1. The topological polar surface area (TPSA) is 41.6 Å². The Morgan fingerprint density at radius 3 is 2.32 bits per heavy atom. The molecule has 0 amide bonds. The third-order valence-corrected chi connectivity index (χ3v) is 4.65. The van der Waals surface area contributed by atoms with Crippen molar-refractivity contribution in [2.45, 2.75) is 84.0 Å². The van der Waals surface area contributed by atoms with Crippen LogP contribution in [0.2, 0.25) is 0 Å². The molecule has 0 aliphatic rings. The van der Waals surface area contributed by atoms with Crippen LogP contribution in [-0.4, -0.2) is 15.4 Å². The molecular formula is C19H31N3. The lowest BCUT2D eigenvalue weighted by molar-refractivity contribution is 0.539. The van der Waals surface area contributed by atoms with Crippen LogP contribution in [0.5, 0.6) is 0 Å². The lowest BCUT2D eigenvalue weighted by atomic mass is 9.93. The van der Waals surface area contributed by atoms with Crippen molar-refractivity contribution in [3.05, 3.63) is 23.8 Å². The molecule has 0 spiro atoms. The number of hydrogen-bond acceptors (Lipinski definition) is 2. The summed E-state index contributed by atoms with van der Waals surface area (Å²) in [6, 6.07) is 6.31. The highest BCUT2D eigenvalue weighted by molar-refractivity contribution is 5.77. The molecule has 3 nitrogen and oxygen atoms in total. The van der Waals surface area contributed by atoms with Gasteiger partial charge in [-0.25, -0.2) is 0 Å². The number of aromatic amines is 1. The van der Waals surface area contributed by atoms with E-state index < -0.39 is 0 Å². The number of para-hydroxylation sites is 1. The average Bonchev–Trinajstić information content (AvgIpc) is 3.01. The molecule has 2 aromatic rings. The number of H-pyrrole nitrogens is 1. The van der Waals surface area contributed by atoms with Crippen LogP contribution in [0, 0.1) is 0 Å². The maximum absolute atomic E-state index is 4.30. The number of rotatable bonds is 11. The van der Waals surface area contributed by atoms with Crippen molar-refractivity contribution >= 4 is 11.0 Å². The Balaban J connectivity index is 1.62. The van der Waals surface area contributed by atoms with Crippen LogP contribution in [0.3, 0.4) is 0 Å². The van der Waals surface area contributed by atoms with Crippen molar-refractivity contribution in [2.24, 2.45) is 0 Å². The Morgan fingerprint density at radius 2 is 1.59 bits per heavy atom. The lowest BCUT2D eigenvalue weighted by Crippen LogP contribution is -1.95. The van der Waals surface area contributed by atoms with Crippen LogP contribution < -0.4 is 0 Å². The molecule has 0 fully saturated rings. The third-order valence-electron chi connectivity index (χ3n) is 4.65. The SMILES string of the molecule is CCCCCCCCCCCC(C)c1cccc2n[nH]nc12. The quantitative estimate of drug-likeness (QED) is 0.518. The van der Waals surface area contributed by atoms with Crippen molar-refractivity contribution in [3.8, 4) is 0 Å². The normalized spacial score (nSPS) is 12.8. The Labute approximate surface area is 134 Å². The summed E-state index contributed by atoms with van der Waals surface area (Å²) in [5.41, 5.74) is 3.37. The summed E-state index contributed by atoms with van der Waals surface area (Å²) in [5, 5.41) is 11.2. The first kappa shape index (κ1) is 17.0. The largest absolute Gasteiger partial charge is 0.197 e. The van der Waals surface area contributed by atoms with Gasteiger partial charge in [0.2, 0.25) is 0 Å². The maximum atomic E-state index is 4.30. The van der Waals surface area contributed by atoms with E-state index in [0.717, 1.165) is 11.0 Å². The van der Waals surface area contributed by atoms with Crippen LogP contribution >= 0.6 is 0 Å². The Kier molecular flexibility index (Phi) is 7.41. The minimum Gasteiger partial charge on any atom is -0.197 e. The highest BCUT2D eigenvalue weighted by Gasteiger charge is 2.11. The van der Waals surface area contributed by atoms with Gasteiger partial charge in [-0.3, -0.25) is 0 Å². The van der Waals surface area contributed by atoms with Gasteiger partial charge < -0.3 is 0 Å². The molecule has 1 N–H and O–H groups in total. The summed E-state index contributed by atoms with van der Waals surface area (Å²) in [7, 11) is 0. The van der Waals surface area contributed by atoms with E-state index in [4.69, 9.17) is 0 Å². The number of aromatic nitrogens is 3. The van der Waals surface area contributed by atoms with Gasteiger partial charge in [0.25, 0.3) is 0 Å². The maximum Gasteiger partial charge on any atom is 0.116 e. The molecule has 1 unspecified atom stereocenters. The Hall–Kier alpha value is -1.38. The number of nitrogens with zero attached hydrogens (tertiary/aromatic N) is 2. The zero-order valence-electron chi connectivity index (χ0n) is 14.3. The van der Waals surface area contributed by atoms with Crippen LogP contribution in [0.1, 0.15) is 89.5 Å². The lowest BCUT2D eigenvalue weighted by Gasteiger charge is -2.12. The van der Waals surface area contributed by atoms with Gasteiger partial charge in [0, 0.05) is 0 Å². The predicted molar refractivity (Wildman–Crippen MR) is 94.1 cm³/mol. The van der Waals surface area contributed by atoms with Gasteiger partial charge in [0.05, 0.1) is 0 Å². The van der Waals surface area contributed by atoms with Crippen LogP contribution in [0.25, 0.3) is 11.0 Å². The predicted octanol–water partition coefficient (Wildman–Crippen LogP) is 5.98. The number of fused-ring (bicyclic) bond motifs is 1. The molecular weight excluding hydrogens is 270 g/mol. The van der Waals surface area contributed by atoms with Gasteiger partial charge in [-0.2, -0.15) is 15.4 Å². The first-order chi connectivity index (χ1) is 10.8. The van der Waals surface area contributed by atoms with E-state index in [0.29, 0.717) is 5.92 Å². The summed E-state index contributed by atoms with van der Waals surface area (Å²) in [5.74, 6) is 0.568. The molecule has 1 aromatic carbocycles. The molecule has 0 saturated heterocycles. The Bertz CT molecular complexity index is 532. The second kappa shape index (κ2) is 9.60. The van der Waals surface area contributed by atoms with Crippen LogP contribution in [0.15, 0.2) is 18.2 Å². The van der Waals surface area contributed by atoms with Gasteiger partial charge in [-0.15, -0.1) is 0 Å². The number of benzene rings is 1. The fraction of sp³-hybridized carbons (Fsp3) is 0.684. The van der Waals surface area contributed by atoms with Gasteiger partial charge in [0.15, 0.2) is 0 Å². The van der Waals surface area contributed by atoms with Gasteiger partial charge >= 0.3 is 0 Å². The molecule has 2 rings (SSSR count). The van der Waals surface area contributed by atoms with E-state index in [1.807, 2.05) is 6.07 Å². The smallest absolute Gasteiger partial charge is 0.116 e. The van der Waals surface area contributed by atoms with Crippen molar-refractivity contribution in [3.63, 3.8) is 0 Å². The molecule has 0 radical (unpaired) electrons. The molecule has 1 atom stereocenters. The van der Waals surface area contributed by atoms with E-state index in [1.54, 1.807) is 0 Å². The van der Waals surface area contributed by atoms with Gasteiger partial charge in [-0.1, -0.05) is 83.8 Å². The van der Waals surface area contributed by atoms with Crippen LogP contribution in [0.4, 0.5) is 0 Å². The molecule has 0 aliphatic heterocycles. The fourth-order valence-corrected chi connectivity index (χ4v) is 3.20. The number of unbranched alkanes of at least 4 members (excludes halogenated alkanes) is 8. The summed E-state index contributed by atoms with van der Waals surface area (Å²) in [4.78, 5) is 0. The van der Waals surface area contributed by atoms with Crippen molar-refractivity contribution in [1.29, 1.82) is 0 Å². The Morgan fingerprint density at radius 1 is 0.909 bits per heavy atom. The average molecular weight is 301 g/mol. The summed E-state index contributed by atoms with van der Waals surface area (Å²) in [6.45, 7) is 4.59. The third kappa shape index (κ3) is 5.11. The second-order valence-electron chi connectivity index (χ2n) is 6.56. The summed E-state index contributed by atoms with van der Waals surface area (Å²) in [6.07, 6.45) is 13.8. The zero-order chi connectivity index (χ0) is 15.6. The van der Waals surface area contributed by atoms with E-state index >= 15 is 0 Å². The van der Waals surface area contributed by atoms with Gasteiger partial charge in [-0.05, 0) is 24.0 Å². The zero-order valence-corrected chi connectivity index (χ0v) is 14.3. The molecule has 0 aliphatic carbocycles. The van der Waals surface area contributed by atoms with Crippen molar-refractivity contribution < 1.29 is 0 Å². The van der Waals surface area contributed by atoms with E-state index in [9.17, 15) is 0 Å². The first-order valence-electron chi connectivity index (χ1n) is 9.12. The monoisotopic (exact) mass is 301 g/mol. The molecule has 22 heavy (non-hydrogen) atoms. The molecule has 0 bridgehead atoms. The fourth-order valence-electron chi connectivity index (χ4n) is 3.20. The summed E-state index contributed by atoms with van der Waals surface area (Å²) < 4.78 is 0. The van der Waals surface area contributed by atoms with E-state index in [1.165, 1.54) is 69.8 Å². The van der Waals surface area contributed by atoms with Crippen LogP contribution in [-0.2, 0) is 0 Å². The molecule has 0 saturated carbocycles. The van der Waals surface area contributed by atoms with Crippen molar-refractivity contribution in [1.82, 2.24) is 15.4 Å². The first-order valence-corrected chi connectivity index (χ1v) is 9.12. The van der Waals surface area contributed by atoms with E-state index in [2.05, 4.69) is 41.4 Å². The highest BCUT2D eigenvalue weighted by atomic mass is 15.3. The van der Waals surface area contributed by atoms with Gasteiger partial charge in [0.1, 0.15) is 11.0 Å². The van der Waals surface area contributed by atoms with E-state index in [-0.39, 0.29) is 0 Å². The van der Waals surface area contributed by atoms with Crippen molar-refractivity contribution in [2.75, 3.05) is 0 Å². The minimum atomic E-state index is 0.568. The molecule has 3 heteroatoms. The second-order valence-corrected chi connectivity index (χ2v) is 6.56.